The monoisotopic (exact) mass is 211 g/mol. The zero-order valence-corrected chi connectivity index (χ0v) is 8.19. The number of nitrogens with one attached hydrogen (secondary N) is 1. The molecule has 0 saturated carbocycles. The molecule has 1 radical (unpaired) electrons. The summed E-state index contributed by atoms with van der Waals surface area (Å²) < 4.78 is 0. The third kappa shape index (κ3) is 2.18. The topological polar surface area (TPSA) is 116 Å². The molecule has 0 bridgehead atoms. The minimum atomic E-state index is -0.907. The van der Waals surface area contributed by atoms with Crippen LogP contribution in [0.25, 0.3) is 0 Å². The van der Waals surface area contributed by atoms with Gasteiger partial charge in [-0.15, -0.1) is 4.91 Å². The van der Waals surface area contributed by atoms with Gasteiger partial charge < -0.3 is 11.1 Å². The third-order valence-corrected chi connectivity index (χ3v) is 2.18. The summed E-state index contributed by atoms with van der Waals surface area (Å²) in [6, 6.07) is -0.783. The number of carbonyl (C=O) groups excluding carboxylic acids is 2. The lowest BCUT2D eigenvalue weighted by atomic mass is 9.99. The molecule has 1 heterocycles. The second-order valence-corrected chi connectivity index (χ2v) is 3.04. The molecule has 3 amide bonds. The van der Waals surface area contributed by atoms with Crippen LogP contribution in [-0.4, -0.2) is 18.5 Å². The molecule has 0 aromatic carbocycles. The lowest BCUT2D eigenvalue weighted by molar-refractivity contribution is -0.117. The van der Waals surface area contributed by atoms with Gasteiger partial charge in [0.25, 0.3) is 0 Å². The van der Waals surface area contributed by atoms with Gasteiger partial charge in [0.05, 0.1) is 5.70 Å². The van der Waals surface area contributed by atoms with Gasteiger partial charge >= 0.3 is 11.9 Å². The fourth-order valence-electron chi connectivity index (χ4n) is 1.34. The largest absolute Gasteiger partial charge is 0.348 e. The van der Waals surface area contributed by atoms with Crippen LogP contribution in [0.4, 0.5) is 4.79 Å². The summed E-state index contributed by atoms with van der Waals surface area (Å²) >= 11 is 0. The van der Waals surface area contributed by atoms with Gasteiger partial charge in [0.1, 0.15) is 0 Å². The Bertz CT molecular complexity index is 333. The molecule has 0 aliphatic carbocycles. The van der Waals surface area contributed by atoms with Gasteiger partial charge in [-0.1, -0.05) is 6.92 Å². The predicted molar refractivity (Wildman–Crippen MR) is 51.3 cm³/mol. The van der Waals surface area contributed by atoms with Crippen molar-refractivity contribution in [3.63, 3.8) is 0 Å². The Labute approximate surface area is 86.1 Å². The van der Waals surface area contributed by atoms with Crippen molar-refractivity contribution < 1.29 is 9.59 Å². The molecule has 7 heteroatoms. The quantitative estimate of drug-likeness (QED) is 0.626. The summed E-state index contributed by atoms with van der Waals surface area (Å²) in [5.41, 5.74) is 5.28. The molecule has 0 spiro atoms. The van der Waals surface area contributed by atoms with Crippen molar-refractivity contribution in [3.8, 4) is 0 Å². The highest BCUT2D eigenvalue weighted by atomic mass is 16.3. The molecule has 3 N–H and O–H groups in total. The number of amides is 3. The zero-order valence-electron chi connectivity index (χ0n) is 8.19. The first kappa shape index (κ1) is 11.3. The molecular weight excluding hydrogens is 200 g/mol. The van der Waals surface area contributed by atoms with Crippen molar-refractivity contribution in [2.45, 2.75) is 13.3 Å². The number of nitroso groups, excluding NO2 is 1. The van der Waals surface area contributed by atoms with Crippen LogP contribution >= 0.6 is 0 Å². The molecule has 1 aliphatic rings. The minimum absolute atomic E-state index is 0.181. The first-order valence-corrected chi connectivity index (χ1v) is 4.48. The number of nitrogens with two attached hydrogens (primary N) is 1. The van der Waals surface area contributed by atoms with E-state index in [-0.39, 0.29) is 23.9 Å². The Morgan fingerprint density at radius 3 is 2.67 bits per heavy atom. The van der Waals surface area contributed by atoms with Gasteiger partial charge in [-0.2, -0.15) is 5.32 Å². The van der Waals surface area contributed by atoms with Gasteiger partial charge in [0.15, 0.2) is 5.70 Å². The molecule has 15 heavy (non-hydrogen) atoms. The molecule has 1 rings (SSSR count). The predicted octanol–water partition coefficient (Wildman–Crippen LogP) is -0.196. The highest BCUT2D eigenvalue weighted by Gasteiger charge is 2.31. The number of imide groups is 1. The summed E-state index contributed by atoms with van der Waals surface area (Å²) in [6.07, 6.45) is 0.596. The summed E-state index contributed by atoms with van der Waals surface area (Å²) in [7, 11) is 0. The Morgan fingerprint density at radius 1 is 1.53 bits per heavy atom. The number of carbonyl (C=O) groups is 2. The summed E-state index contributed by atoms with van der Waals surface area (Å²) in [5, 5.41) is 7.96. The van der Waals surface area contributed by atoms with E-state index in [9.17, 15) is 14.5 Å². The van der Waals surface area contributed by atoms with Crippen LogP contribution in [0, 0.1) is 10.8 Å². The van der Waals surface area contributed by atoms with Crippen LogP contribution in [-0.2, 0) is 4.79 Å². The lowest BCUT2D eigenvalue weighted by Crippen LogP contribution is -2.43. The molecule has 0 aromatic heterocycles. The van der Waals surface area contributed by atoms with Crippen molar-refractivity contribution in [2.24, 2.45) is 16.8 Å². The highest BCUT2D eigenvalue weighted by molar-refractivity contribution is 6.07. The smallest absolute Gasteiger partial charge is 0.330 e. The number of hydrogen-bond donors (Lipinski definition) is 2. The Morgan fingerprint density at radius 2 is 2.20 bits per heavy atom. The van der Waals surface area contributed by atoms with Gasteiger partial charge in [0, 0.05) is 12.5 Å². The molecule has 0 aromatic rings. The molecule has 81 valence electrons. The average Bonchev–Trinajstić information content (AvgIpc) is 2.19. The highest BCUT2D eigenvalue weighted by Crippen LogP contribution is 2.19. The third-order valence-electron chi connectivity index (χ3n) is 2.18. The fourth-order valence-corrected chi connectivity index (χ4v) is 1.34. The van der Waals surface area contributed by atoms with E-state index < -0.39 is 11.9 Å². The van der Waals surface area contributed by atoms with Crippen molar-refractivity contribution in [3.05, 3.63) is 16.3 Å². The fraction of sp³-hybridized carbons (Fsp3) is 0.500. The van der Waals surface area contributed by atoms with Crippen molar-refractivity contribution in [1.82, 2.24) is 10.6 Å². The Kier molecular flexibility index (Phi) is 3.51. The van der Waals surface area contributed by atoms with E-state index >= 15 is 0 Å². The maximum absolute atomic E-state index is 11.2. The lowest BCUT2D eigenvalue weighted by Gasteiger charge is -2.21. The normalized spacial score (nSPS) is 18.3. The Balaban J connectivity index is 3.11. The molecule has 1 atom stereocenters. The van der Waals surface area contributed by atoms with Crippen molar-refractivity contribution >= 4 is 11.9 Å². The number of hydrogen-bond acceptors (Lipinski definition) is 5. The minimum Gasteiger partial charge on any atom is -0.330 e. The van der Waals surface area contributed by atoms with E-state index in [1.54, 1.807) is 0 Å². The van der Waals surface area contributed by atoms with Gasteiger partial charge in [-0.25, -0.2) is 4.79 Å². The summed E-state index contributed by atoms with van der Waals surface area (Å²) in [4.78, 5) is 32.6. The van der Waals surface area contributed by atoms with Crippen LogP contribution in [0.2, 0.25) is 0 Å². The van der Waals surface area contributed by atoms with Crippen molar-refractivity contribution in [1.29, 1.82) is 0 Å². The molecular formula is C8H11N4O3. The number of rotatable bonds is 4. The van der Waals surface area contributed by atoms with Crippen LogP contribution in [0.15, 0.2) is 16.6 Å². The molecule has 1 aliphatic heterocycles. The van der Waals surface area contributed by atoms with E-state index in [2.05, 4.69) is 15.8 Å². The zero-order chi connectivity index (χ0) is 11.4. The molecule has 1 unspecified atom stereocenters. The van der Waals surface area contributed by atoms with Crippen molar-refractivity contribution in [2.75, 3.05) is 6.54 Å². The number of nitrogens with zero attached hydrogens (tertiary/aromatic N) is 2. The van der Waals surface area contributed by atoms with E-state index in [0.29, 0.717) is 6.42 Å². The standard InChI is InChI=1S/C8H11N4O3/c1-2-4(3-9)5-6(12-15)7(13)11-8(14)10-5/h4H,2-3,9H2,1H3,(H,10,14). The second-order valence-electron chi connectivity index (χ2n) is 3.04. The molecule has 0 saturated heterocycles. The first-order chi connectivity index (χ1) is 7.13. The van der Waals surface area contributed by atoms with Crippen LogP contribution in [0.1, 0.15) is 13.3 Å². The van der Waals surface area contributed by atoms with Gasteiger partial charge in [-0.3, -0.25) is 4.79 Å². The van der Waals surface area contributed by atoms with E-state index in [1.165, 1.54) is 0 Å². The van der Waals surface area contributed by atoms with E-state index in [4.69, 9.17) is 5.73 Å². The van der Waals surface area contributed by atoms with Gasteiger partial charge in [-0.05, 0) is 11.6 Å². The first-order valence-electron chi connectivity index (χ1n) is 4.48. The molecule has 7 nitrogen and oxygen atoms in total. The maximum atomic E-state index is 11.2. The average molecular weight is 211 g/mol. The van der Waals surface area contributed by atoms with E-state index in [0.717, 1.165) is 0 Å². The summed E-state index contributed by atoms with van der Waals surface area (Å²) in [5.74, 6) is -1.17. The second kappa shape index (κ2) is 4.65. The van der Waals surface area contributed by atoms with Crippen LogP contribution in [0.5, 0.6) is 0 Å². The van der Waals surface area contributed by atoms with E-state index in [1.807, 2.05) is 6.92 Å². The Hall–Kier alpha value is -1.76. The molecule has 0 fully saturated rings. The van der Waals surface area contributed by atoms with Gasteiger partial charge in [0.2, 0.25) is 0 Å². The maximum Gasteiger partial charge on any atom is 0.348 e. The number of urea groups is 1. The summed E-state index contributed by atoms with van der Waals surface area (Å²) in [6.45, 7) is 2.05. The SMILES string of the molecule is CCC(CN)C1=C(N=O)C(=O)[N]C(=O)N1. The van der Waals surface area contributed by atoms with Crippen LogP contribution < -0.4 is 16.4 Å². The van der Waals surface area contributed by atoms with Crippen LogP contribution in [0.3, 0.4) is 0 Å².